The van der Waals surface area contributed by atoms with Crippen LogP contribution in [0.3, 0.4) is 0 Å². The molecule has 2 aromatic rings. The molecule has 12 heteroatoms. The minimum atomic E-state index is -4.18. The van der Waals surface area contributed by atoms with Crippen molar-refractivity contribution in [3.05, 3.63) is 58.8 Å². The molecule has 1 atom stereocenters. The Morgan fingerprint density at radius 2 is 1.87 bits per heavy atom. The maximum atomic E-state index is 13.3. The van der Waals surface area contributed by atoms with Crippen molar-refractivity contribution in [2.45, 2.75) is 11.1 Å². The highest BCUT2D eigenvalue weighted by Crippen LogP contribution is 2.26. The summed E-state index contributed by atoms with van der Waals surface area (Å²) in [5, 5.41) is 5.20. The van der Waals surface area contributed by atoms with Crippen molar-refractivity contribution in [3.8, 4) is 0 Å². The normalized spacial score (nSPS) is 16.9. The van der Waals surface area contributed by atoms with Gasteiger partial charge in [-0.1, -0.05) is 22.0 Å². The molecule has 1 saturated heterocycles. The number of rotatable bonds is 6. The zero-order valence-electron chi connectivity index (χ0n) is 16.3. The second-order valence-corrected chi connectivity index (χ2v) is 9.46. The molecule has 3 amide bonds. The number of nitrogens with two attached hydrogens (primary N) is 1. The molecule has 1 heterocycles. The van der Waals surface area contributed by atoms with E-state index in [2.05, 4.69) is 26.6 Å². The molecular weight excluding hydrogens is 493 g/mol. The molecule has 4 N–H and O–H groups in total. The van der Waals surface area contributed by atoms with Gasteiger partial charge in [-0.3, -0.25) is 9.69 Å². The number of anilines is 1. The summed E-state index contributed by atoms with van der Waals surface area (Å²) < 4.78 is 41.2. The van der Waals surface area contributed by atoms with Crippen LogP contribution in [0.1, 0.15) is 0 Å². The average molecular weight is 514 g/mol. The molecule has 0 aliphatic carbocycles. The van der Waals surface area contributed by atoms with E-state index in [4.69, 9.17) is 5.73 Å². The standard InChI is InChI=1S/C19H21BrFN5O4S/c20-13-2-1-3-15(12-13)24-19(28)25-10-11-26(18(25)17(27)23-9-8-22)31(29,30)16-6-4-14(21)5-7-16/h1-7,12,18H,8-11,22H2,(H,23,27)(H,24,28). The van der Waals surface area contributed by atoms with Crippen LogP contribution in [-0.4, -0.2) is 61.9 Å². The number of carbonyl (C=O) groups is 2. The van der Waals surface area contributed by atoms with Crippen molar-refractivity contribution in [1.29, 1.82) is 0 Å². The second kappa shape index (κ2) is 9.73. The summed E-state index contributed by atoms with van der Waals surface area (Å²) in [5.74, 6) is -1.27. The summed E-state index contributed by atoms with van der Waals surface area (Å²) >= 11 is 3.31. The van der Waals surface area contributed by atoms with Crippen LogP contribution in [0.4, 0.5) is 14.9 Å². The Balaban J connectivity index is 1.90. The predicted octanol–water partition coefficient (Wildman–Crippen LogP) is 1.53. The highest BCUT2D eigenvalue weighted by atomic mass is 79.9. The third kappa shape index (κ3) is 5.21. The number of nitrogens with one attached hydrogen (secondary N) is 2. The van der Waals surface area contributed by atoms with E-state index in [0.29, 0.717) is 5.69 Å². The van der Waals surface area contributed by atoms with E-state index in [1.165, 1.54) is 0 Å². The lowest BCUT2D eigenvalue weighted by Gasteiger charge is -2.28. The fourth-order valence-electron chi connectivity index (χ4n) is 3.13. The van der Waals surface area contributed by atoms with Crippen LogP contribution in [0.2, 0.25) is 0 Å². The Kier molecular flexibility index (Phi) is 7.26. The molecule has 31 heavy (non-hydrogen) atoms. The molecule has 0 bridgehead atoms. The monoisotopic (exact) mass is 513 g/mol. The zero-order chi connectivity index (χ0) is 22.6. The fourth-order valence-corrected chi connectivity index (χ4v) is 5.08. The van der Waals surface area contributed by atoms with Gasteiger partial charge in [0.2, 0.25) is 10.0 Å². The number of hydrogen-bond donors (Lipinski definition) is 3. The van der Waals surface area contributed by atoms with Crippen molar-refractivity contribution in [2.75, 3.05) is 31.5 Å². The van der Waals surface area contributed by atoms with Gasteiger partial charge in [0, 0.05) is 36.3 Å². The minimum absolute atomic E-state index is 0.0129. The van der Waals surface area contributed by atoms with Gasteiger partial charge in [0.05, 0.1) is 4.90 Å². The fraction of sp³-hybridized carbons (Fsp3) is 0.263. The molecule has 2 aromatic carbocycles. The largest absolute Gasteiger partial charge is 0.352 e. The lowest BCUT2D eigenvalue weighted by Crippen LogP contribution is -2.55. The van der Waals surface area contributed by atoms with Crippen LogP contribution < -0.4 is 16.4 Å². The van der Waals surface area contributed by atoms with E-state index < -0.39 is 33.9 Å². The molecule has 166 valence electrons. The summed E-state index contributed by atoms with van der Waals surface area (Å²) in [7, 11) is -4.18. The van der Waals surface area contributed by atoms with Gasteiger partial charge < -0.3 is 16.4 Å². The highest BCUT2D eigenvalue weighted by Gasteiger charge is 2.46. The summed E-state index contributed by atoms with van der Waals surface area (Å²) in [6, 6.07) is 10.5. The molecule has 0 radical (unpaired) electrons. The van der Waals surface area contributed by atoms with Crippen LogP contribution in [0.5, 0.6) is 0 Å². The van der Waals surface area contributed by atoms with Crippen molar-refractivity contribution < 1.29 is 22.4 Å². The Hall–Kier alpha value is -2.54. The highest BCUT2D eigenvalue weighted by molar-refractivity contribution is 9.10. The molecule has 0 spiro atoms. The first kappa shape index (κ1) is 23.1. The maximum absolute atomic E-state index is 13.3. The first-order valence-electron chi connectivity index (χ1n) is 9.32. The van der Waals surface area contributed by atoms with E-state index in [1.54, 1.807) is 24.3 Å². The first-order chi connectivity index (χ1) is 14.7. The molecular formula is C19H21BrFN5O4S. The van der Waals surface area contributed by atoms with Crippen molar-refractivity contribution in [3.63, 3.8) is 0 Å². The van der Waals surface area contributed by atoms with Gasteiger partial charge in [-0.2, -0.15) is 4.31 Å². The topological polar surface area (TPSA) is 125 Å². The molecule has 0 aromatic heterocycles. The lowest BCUT2D eigenvalue weighted by atomic mass is 10.3. The number of benzene rings is 2. The second-order valence-electron chi connectivity index (χ2n) is 6.66. The molecule has 1 fully saturated rings. The Bertz CT molecular complexity index is 1070. The lowest BCUT2D eigenvalue weighted by molar-refractivity contribution is -0.127. The average Bonchev–Trinajstić information content (AvgIpc) is 3.19. The van der Waals surface area contributed by atoms with Crippen LogP contribution in [0.25, 0.3) is 0 Å². The van der Waals surface area contributed by atoms with Gasteiger partial charge in [-0.05, 0) is 42.5 Å². The number of sulfonamides is 1. The summed E-state index contributed by atoms with van der Waals surface area (Å²) in [4.78, 5) is 26.7. The maximum Gasteiger partial charge on any atom is 0.323 e. The van der Waals surface area contributed by atoms with Gasteiger partial charge in [0.1, 0.15) is 5.82 Å². The van der Waals surface area contributed by atoms with Gasteiger partial charge >= 0.3 is 6.03 Å². The SMILES string of the molecule is NCCNC(=O)C1N(C(=O)Nc2cccc(Br)c2)CCN1S(=O)(=O)c1ccc(F)cc1. The van der Waals surface area contributed by atoms with E-state index in [-0.39, 0.29) is 31.1 Å². The van der Waals surface area contributed by atoms with Crippen molar-refractivity contribution in [2.24, 2.45) is 5.73 Å². The van der Waals surface area contributed by atoms with E-state index in [0.717, 1.165) is 37.9 Å². The quantitative estimate of drug-likeness (QED) is 0.540. The molecule has 1 unspecified atom stereocenters. The summed E-state index contributed by atoms with van der Waals surface area (Å²) in [6.45, 7) is 0.140. The molecule has 0 saturated carbocycles. The molecule has 9 nitrogen and oxygen atoms in total. The predicted molar refractivity (Wildman–Crippen MR) is 116 cm³/mol. The smallest absolute Gasteiger partial charge is 0.323 e. The van der Waals surface area contributed by atoms with Crippen LogP contribution in [-0.2, 0) is 14.8 Å². The summed E-state index contributed by atoms with van der Waals surface area (Å²) in [6.07, 6.45) is -1.42. The van der Waals surface area contributed by atoms with Crippen molar-refractivity contribution in [1.82, 2.24) is 14.5 Å². The van der Waals surface area contributed by atoms with Gasteiger partial charge in [-0.25, -0.2) is 17.6 Å². The van der Waals surface area contributed by atoms with Crippen LogP contribution in [0, 0.1) is 5.82 Å². The first-order valence-corrected chi connectivity index (χ1v) is 11.6. The number of urea groups is 1. The zero-order valence-corrected chi connectivity index (χ0v) is 18.7. The Labute approximate surface area is 187 Å². The molecule has 3 rings (SSSR count). The van der Waals surface area contributed by atoms with Gasteiger partial charge in [0.15, 0.2) is 6.17 Å². The third-order valence-corrected chi connectivity index (χ3v) is 6.93. The van der Waals surface area contributed by atoms with Crippen LogP contribution >= 0.6 is 15.9 Å². The van der Waals surface area contributed by atoms with E-state index >= 15 is 0 Å². The van der Waals surface area contributed by atoms with E-state index in [9.17, 15) is 22.4 Å². The number of nitrogens with zero attached hydrogens (tertiary/aromatic N) is 2. The molecule has 1 aliphatic rings. The third-order valence-electron chi connectivity index (χ3n) is 4.56. The van der Waals surface area contributed by atoms with Crippen LogP contribution in [0.15, 0.2) is 57.9 Å². The number of amides is 3. The minimum Gasteiger partial charge on any atom is -0.352 e. The van der Waals surface area contributed by atoms with E-state index in [1.807, 2.05) is 0 Å². The van der Waals surface area contributed by atoms with Crippen molar-refractivity contribution >= 4 is 43.6 Å². The Morgan fingerprint density at radius 3 is 2.52 bits per heavy atom. The molecule has 1 aliphatic heterocycles. The van der Waals surface area contributed by atoms with Gasteiger partial charge in [0.25, 0.3) is 5.91 Å². The Morgan fingerprint density at radius 1 is 1.16 bits per heavy atom. The number of carbonyl (C=O) groups excluding carboxylic acids is 2. The van der Waals surface area contributed by atoms with Gasteiger partial charge in [-0.15, -0.1) is 0 Å². The number of halogens is 2. The summed E-state index contributed by atoms with van der Waals surface area (Å²) in [5.41, 5.74) is 5.91. The number of hydrogen-bond acceptors (Lipinski definition) is 5.